The molecule has 0 atom stereocenters. The van der Waals surface area contributed by atoms with Gasteiger partial charge < -0.3 is 4.90 Å². The summed E-state index contributed by atoms with van der Waals surface area (Å²) in [7, 11) is 0. The van der Waals surface area contributed by atoms with Gasteiger partial charge in [0.25, 0.3) is 0 Å². The van der Waals surface area contributed by atoms with E-state index in [1.165, 1.54) is 17.0 Å². The van der Waals surface area contributed by atoms with Crippen molar-refractivity contribution in [3.8, 4) is 12.3 Å². The van der Waals surface area contributed by atoms with Crippen LogP contribution in [0.5, 0.6) is 0 Å². The third-order valence-electron chi connectivity index (χ3n) is 2.76. The lowest BCUT2D eigenvalue weighted by Gasteiger charge is -2.19. The van der Waals surface area contributed by atoms with E-state index in [1.54, 1.807) is 0 Å². The van der Waals surface area contributed by atoms with Crippen LogP contribution in [-0.4, -0.2) is 23.9 Å². The number of carbonyl (C=O) groups excluding carboxylic acids is 1. The number of halogens is 3. The van der Waals surface area contributed by atoms with E-state index in [4.69, 9.17) is 6.42 Å². The van der Waals surface area contributed by atoms with Gasteiger partial charge in [0.15, 0.2) is 0 Å². The molecule has 1 aromatic carbocycles. The standard InChI is InChI=1S/C15H16F3NO/c1-3-9-19(10-4-2)14(20)11-12-5-7-13(8-6-12)15(16,17)18/h1,5-8H,4,9-11H2,2H3. The van der Waals surface area contributed by atoms with E-state index < -0.39 is 11.7 Å². The Balaban J connectivity index is 2.73. The fraction of sp³-hybridized carbons (Fsp3) is 0.400. The number of rotatable bonds is 5. The molecule has 0 radical (unpaired) electrons. The van der Waals surface area contributed by atoms with Crippen molar-refractivity contribution >= 4 is 5.91 Å². The largest absolute Gasteiger partial charge is 0.416 e. The molecule has 0 bridgehead atoms. The topological polar surface area (TPSA) is 20.3 Å². The molecule has 0 aliphatic heterocycles. The monoisotopic (exact) mass is 283 g/mol. The maximum absolute atomic E-state index is 12.4. The van der Waals surface area contributed by atoms with Crippen molar-refractivity contribution in [3.05, 3.63) is 35.4 Å². The second kappa shape index (κ2) is 6.99. The lowest BCUT2D eigenvalue weighted by Crippen LogP contribution is -2.33. The van der Waals surface area contributed by atoms with Crippen LogP contribution in [-0.2, 0) is 17.4 Å². The van der Waals surface area contributed by atoms with Crippen LogP contribution in [0.1, 0.15) is 24.5 Å². The van der Waals surface area contributed by atoms with Gasteiger partial charge in [-0.3, -0.25) is 4.79 Å². The normalized spacial score (nSPS) is 10.9. The number of carbonyl (C=O) groups is 1. The van der Waals surface area contributed by atoms with Gasteiger partial charge in [0.2, 0.25) is 5.91 Å². The van der Waals surface area contributed by atoms with E-state index in [1.807, 2.05) is 6.92 Å². The molecule has 2 nitrogen and oxygen atoms in total. The second-order valence-electron chi connectivity index (χ2n) is 4.39. The first-order valence-electron chi connectivity index (χ1n) is 6.25. The molecule has 0 unspecified atom stereocenters. The molecule has 20 heavy (non-hydrogen) atoms. The molecular formula is C15H16F3NO. The predicted octanol–water partition coefficient (Wildman–Crippen LogP) is 3.12. The highest BCUT2D eigenvalue weighted by Crippen LogP contribution is 2.29. The lowest BCUT2D eigenvalue weighted by atomic mass is 10.1. The molecule has 0 spiro atoms. The van der Waals surface area contributed by atoms with Gasteiger partial charge in [0.05, 0.1) is 18.5 Å². The van der Waals surface area contributed by atoms with Gasteiger partial charge in [-0.05, 0) is 24.1 Å². The predicted molar refractivity (Wildman–Crippen MR) is 70.9 cm³/mol. The summed E-state index contributed by atoms with van der Waals surface area (Å²) in [6.07, 6.45) is 1.66. The van der Waals surface area contributed by atoms with Crippen molar-refractivity contribution in [1.29, 1.82) is 0 Å². The number of nitrogens with zero attached hydrogens (tertiary/aromatic N) is 1. The Morgan fingerprint density at radius 1 is 1.30 bits per heavy atom. The molecule has 1 amide bonds. The molecule has 0 fully saturated rings. The Hall–Kier alpha value is -1.96. The number of benzene rings is 1. The van der Waals surface area contributed by atoms with Crippen molar-refractivity contribution < 1.29 is 18.0 Å². The highest BCUT2D eigenvalue weighted by Gasteiger charge is 2.30. The van der Waals surface area contributed by atoms with Gasteiger partial charge in [0, 0.05) is 6.54 Å². The van der Waals surface area contributed by atoms with Crippen molar-refractivity contribution in [3.63, 3.8) is 0 Å². The Morgan fingerprint density at radius 2 is 1.90 bits per heavy atom. The highest BCUT2D eigenvalue weighted by atomic mass is 19.4. The Labute approximate surface area is 116 Å². The van der Waals surface area contributed by atoms with E-state index >= 15 is 0 Å². The van der Waals surface area contributed by atoms with Crippen molar-refractivity contribution in [1.82, 2.24) is 4.90 Å². The quantitative estimate of drug-likeness (QED) is 0.760. The maximum atomic E-state index is 12.4. The summed E-state index contributed by atoms with van der Waals surface area (Å²) in [5, 5.41) is 0. The summed E-state index contributed by atoms with van der Waals surface area (Å²) >= 11 is 0. The summed E-state index contributed by atoms with van der Waals surface area (Å²) in [5.74, 6) is 2.23. The van der Waals surface area contributed by atoms with Crippen LogP contribution in [0, 0.1) is 12.3 Å². The molecule has 108 valence electrons. The molecule has 0 aliphatic rings. The number of alkyl halides is 3. The summed E-state index contributed by atoms with van der Waals surface area (Å²) in [6.45, 7) is 2.69. The highest BCUT2D eigenvalue weighted by molar-refractivity contribution is 5.79. The van der Waals surface area contributed by atoms with Crippen molar-refractivity contribution in [2.45, 2.75) is 25.9 Å². The van der Waals surface area contributed by atoms with Gasteiger partial charge in [-0.1, -0.05) is 25.0 Å². The Morgan fingerprint density at radius 3 is 2.35 bits per heavy atom. The number of hydrogen-bond acceptors (Lipinski definition) is 1. The van der Waals surface area contributed by atoms with E-state index in [-0.39, 0.29) is 18.9 Å². The van der Waals surface area contributed by atoms with E-state index in [0.717, 1.165) is 18.6 Å². The molecule has 0 N–H and O–H groups in total. The number of amides is 1. The third kappa shape index (κ3) is 4.61. The molecule has 0 saturated carbocycles. The van der Waals surface area contributed by atoms with Gasteiger partial charge >= 0.3 is 6.18 Å². The minimum absolute atomic E-state index is 0.0554. The average Bonchev–Trinajstić information content (AvgIpc) is 2.38. The third-order valence-corrected chi connectivity index (χ3v) is 2.76. The SMILES string of the molecule is C#CCN(CCC)C(=O)Cc1ccc(C(F)(F)F)cc1. The van der Waals surface area contributed by atoms with Gasteiger partial charge in [0.1, 0.15) is 0 Å². The molecule has 1 aromatic rings. The zero-order valence-electron chi connectivity index (χ0n) is 11.2. The first-order valence-corrected chi connectivity index (χ1v) is 6.25. The second-order valence-corrected chi connectivity index (χ2v) is 4.39. The first-order chi connectivity index (χ1) is 9.38. The first kappa shape index (κ1) is 16.1. The number of hydrogen-bond donors (Lipinski definition) is 0. The molecule has 0 aliphatic carbocycles. The summed E-state index contributed by atoms with van der Waals surface area (Å²) in [5.41, 5.74) is -0.177. The van der Waals surface area contributed by atoms with Crippen LogP contribution in [0.4, 0.5) is 13.2 Å². The fourth-order valence-corrected chi connectivity index (χ4v) is 1.77. The smallest absolute Gasteiger partial charge is 0.331 e. The molecule has 0 heterocycles. The van der Waals surface area contributed by atoms with Crippen LogP contribution in [0.3, 0.4) is 0 Å². The van der Waals surface area contributed by atoms with E-state index in [0.29, 0.717) is 12.1 Å². The Kier molecular flexibility index (Phi) is 5.63. The molecular weight excluding hydrogens is 267 g/mol. The number of terminal acetylenes is 1. The lowest BCUT2D eigenvalue weighted by molar-refractivity contribution is -0.137. The van der Waals surface area contributed by atoms with Crippen LogP contribution >= 0.6 is 0 Å². The molecule has 1 rings (SSSR count). The summed E-state index contributed by atoms with van der Waals surface area (Å²) in [4.78, 5) is 13.5. The average molecular weight is 283 g/mol. The fourth-order valence-electron chi connectivity index (χ4n) is 1.77. The molecule has 0 aromatic heterocycles. The van der Waals surface area contributed by atoms with Gasteiger partial charge in [-0.15, -0.1) is 6.42 Å². The van der Waals surface area contributed by atoms with Crippen LogP contribution in [0.25, 0.3) is 0 Å². The van der Waals surface area contributed by atoms with Crippen molar-refractivity contribution in [2.24, 2.45) is 0 Å². The zero-order chi connectivity index (χ0) is 15.2. The molecule has 0 saturated heterocycles. The van der Waals surface area contributed by atoms with E-state index in [2.05, 4.69) is 5.92 Å². The molecule has 5 heteroatoms. The van der Waals surface area contributed by atoms with Gasteiger partial charge in [-0.25, -0.2) is 0 Å². The minimum Gasteiger partial charge on any atom is -0.331 e. The van der Waals surface area contributed by atoms with Crippen molar-refractivity contribution in [2.75, 3.05) is 13.1 Å². The van der Waals surface area contributed by atoms with Crippen LogP contribution < -0.4 is 0 Å². The van der Waals surface area contributed by atoms with E-state index in [9.17, 15) is 18.0 Å². The zero-order valence-corrected chi connectivity index (χ0v) is 11.2. The van der Waals surface area contributed by atoms with Crippen LogP contribution in [0.2, 0.25) is 0 Å². The van der Waals surface area contributed by atoms with Crippen LogP contribution in [0.15, 0.2) is 24.3 Å². The maximum Gasteiger partial charge on any atom is 0.416 e. The summed E-state index contributed by atoms with van der Waals surface area (Å²) in [6, 6.07) is 4.60. The summed E-state index contributed by atoms with van der Waals surface area (Å²) < 4.78 is 37.2. The van der Waals surface area contributed by atoms with Gasteiger partial charge in [-0.2, -0.15) is 13.2 Å². The Bertz CT molecular complexity index is 485. The minimum atomic E-state index is -4.36.